The zero-order chi connectivity index (χ0) is 17.4. The molecule has 0 aromatic heterocycles. The van der Waals surface area contributed by atoms with Crippen LogP contribution in [0.4, 0.5) is 4.39 Å². The third-order valence-electron chi connectivity index (χ3n) is 3.87. The van der Waals surface area contributed by atoms with Crippen LogP contribution >= 0.6 is 0 Å². The highest BCUT2D eigenvalue weighted by Crippen LogP contribution is 2.32. The van der Waals surface area contributed by atoms with E-state index in [1.54, 1.807) is 19.2 Å². The predicted molar refractivity (Wildman–Crippen MR) is 91.7 cm³/mol. The smallest absolute Gasteiger partial charge is 0.166 e. The molecule has 0 heterocycles. The van der Waals surface area contributed by atoms with Crippen molar-refractivity contribution in [2.24, 2.45) is 0 Å². The summed E-state index contributed by atoms with van der Waals surface area (Å²) in [6.07, 6.45) is 0.840. The molecule has 2 aromatic rings. The van der Waals surface area contributed by atoms with Crippen LogP contribution in [-0.4, -0.2) is 24.9 Å². The molecule has 2 rings (SSSR count). The number of hydrogen-bond acceptors (Lipinski definition) is 4. The van der Waals surface area contributed by atoms with Crippen LogP contribution < -0.4 is 14.8 Å². The Labute approximate surface area is 142 Å². The summed E-state index contributed by atoms with van der Waals surface area (Å²) >= 11 is 0. The summed E-state index contributed by atoms with van der Waals surface area (Å²) in [5, 5.41) is 12.6. The maximum Gasteiger partial charge on any atom is 0.166 e. The van der Waals surface area contributed by atoms with Gasteiger partial charge in [0.1, 0.15) is 12.4 Å². The minimum atomic E-state index is -0.268. The molecule has 4 nitrogen and oxygen atoms in total. The highest BCUT2D eigenvalue weighted by molar-refractivity contribution is 5.46. The molecule has 0 amide bonds. The topological polar surface area (TPSA) is 50.7 Å². The Hall–Kier alpha value is -2.11. The van der Waals surface area contributed by atoms with Gasteiger partial charge in [-0.25, -0.2) is 4.39 Å². The number of hydrogen-bond donors (Lipinski definition) is 2. The molecular weight excluding hydrogens is 309 g/mol. The summed E-state index contributed by atoms with van der Waals surface area (Å²) in [6, 6.07) is 12.0. The number of halogens is 1. The van der Waals surface area contributed by atoms with Gasteiger partial charge in [0.25, 0.3) is 0 Å². The van der Waals surface area contributed by atoms with Crippen molar-refractivity contribution in [3.63, 3.8) is 0 Å². The minimum absolute atomic E-state index is 0.0427. The molecule has 0 saturated carbocycles. The van der Waals surface area contributed by atoms with Gasteiger partial charge < -0.3 is 19.9 Å². The van der Waals surface area contributed by atoms with Crippen molar-refractivity contribution in [3.8, 4) is 11.5 Å². The van der Waals surface area contributed by atoms with Gasteiger partial charge in [0.05, 0.1) is 13.7 Å². The van der Waals surface area contributed by atoms with Gasteiger partial charge in [0, 0.05) is 18.2 Å². The Kier molecular flexibility index (Phi) is 7.03. The molecule has 0 aliphatic carbocycles. The number of ether oxygens (including phenoxy) is 2. The third kappa shape index (κ3) is 4.94. The summed E-state index contributed by atoms with van der Waals surface area (Å²) in [5.41, 5.74) is 1.83. The fraction of sp³-hybridized carbons (Fsp3) is 0.368. The molecule has 5 heteroatoms. The molecule has 0 fully saturated rings. The van der Waals surface area contributed by atoms with Gasteiger partial charge in [-0.1, -0.05) is 31.2 Å². The predicted octanol–water partition coefficient (Wildman–Crippen LogP) is 3.27. The molecule has 0 bridgehead atoms. The zero-order valence-corrected chi connectivity index (χ0v) is 14.1. The summed E-state index contributed by atoms with van der Waals surface area (Å²) in [6.45, 7) is 3.00. The van der Waals surface area contributed by atoms with E-state index in [1.165, 1.54) is 12.1 Å². The first-order valence-corrected chi connectivity index (χ1v) is 8.05. The average molecular weight is 333 g/mol. The van der Waals surface area contributed by atoms with Crippen molar-refractivity contribution in [2.75, 3.05) is 13.7 Å². The van der Waals surface area contributed by atoms with Crippen molar-refractivity contribution < 1.29 is 19.0 Å². The maximum absolute atomic E-state index is 13.0. The second-order valence-electron chi connectivity index (χ2n) is 5.53. The molecule has 24 heavy (non-hydrogen) atoms. The number of methoxy groups -OCH3 is 1. The van der Waals surface area contributed by atoms with Crippen LogP contribution in [0.5, 0.6) is 11.5 Å². The molecule has 2 aromatic carbocycles. The van der Waals surface area contributed by atoms with Gasteiger partial charge in [-0.15, -0.1) is 0 Å². The van der Waals surface area contributed by atoms with Crippen molar-refractivity contribution in [1.29, 1.82) is 0 Å². The second kappa shape index (κ2) is 9.25. The van der Waals surface area contributed by atoms with Gasteiger partial charge in [-0.05, 0) is 30.2 Å². The van der Waals surface area contributed by atoms with E-state index in [2.05, 4.69) is 5.32 Å². The van der Waals surface area contributed by atoms with Crippen LogP contribution in [0.25, 0.3) is 0 Å². The lowest BCUT2D eigenvalue weighted by atomic mass is 10.1. The highest BCUT2D eigenvalue weighted by atomic mass is 19.1. The van der Waals surface area contributed by atoms with E-state index in [-0.39, 0.29) is 18.5 Å². The van der Waals surface area contributed by atoms with Gasteiger partial charge in [-0.3, -0.25) is 0 Å². The van der Waals surface area contributed by atoms with E-state index < -0.39 is 0 Å². The van der Waals surface area contributed by atoms with Crippen LogP contribution in [0, 0.1) is 5.82 Å². The first-order valence-electron chi connectivity index (χ1n) is 8.05. The van der Waals surface area contributed by atoms with Gasteiger partial charge in [-0.2, -0.15) is 0 Å². The minimum Gasteiger partial charge on any atom is -0.493 e. The largest absolute Gasteiger partial charge is 0.493 e. The number of aliphatic hydroxyl groups excluding tert-OH is 1. The van der Waals surface area contributed by atoms with Crippen molar-refractivity contribution in [3.05, 3.63) is 59.4 Å². The number of para-hydroxylation sites is 1. The van der Waals surface area contributed by atoms with Gasteiger partial charge in [0.2, 0.25) is 0 Å². The van der Waals surface area contributed by atoms with E-state index in [4.69, 9.17) is 9.47 Å². The van der Waals surface area contributed by atoms with Crippen molar-refractivity contribution in [1.82, 2.24) is 5.32 Å². The Bertz CT molecular complexity index is 627. The monoisotopic (exact) mass is 333 g/mol. The molecular formula is C19H24FNO3. The van der Waals surface area contributed by atoms with E-state index >= 15 is 0 Å². The van der Waals surface area contributed by atoms with Gasteiger partial charge >= 0.3 is 0 Å². The van der Waals surface area contributed by atoms with Gasteiger partial charge in [0.15, 0.2) is 11.5 Å². The molecule has 1 atom stereocenters. The summed E-state index contributed by atoms with van der Waals surface area (Å²) < 4.78 is 24.3. The molecule has 130 valence electrons. The molecule has 0 spiro atoms. The van der Waals surface area contributed by atoms with Crippen molar-refractivity contribution in [2.45, 2.75) is 32.5 Å². The van der Waals surface area contributed by atoms with Crippen LogP contribution in [-0.2, 0) is 13.2 Å². The maximum atomic E-state index is 13.0. The Morgan fingerprint density at radius 1 is 1.17 bits per heavy atom. The first-order chi connectivity index (χ1) is 11.7. The molecule has 0 radical (unpaired) electrons. The lowest BCUT2D eigenvalue weighted by molar-refractivity contribution is 0.236. The quantitative estimate of drug-likeness (QED) is 0.739. The normalized spacial score (nSPS) is 12.0. The fourth-order valence-electron chi connectivity index (χ4n) is 2.35. The average Bonchev–Trinajstić information content (AvgIpc) is 2.62. The van der Waals surface area contributed by atoms with E-state index in [9.17, 15) is 9.50 Å². The Morgan fingerprint density at radius 3 is 2.54 bits per heavy atom. The standard InChI is InChI=1S/C19H24FNO3/c1-3-17(12-22)21-11-15-5-4-6-18(23-2)19(15)24-13-14-7-9-16(20)10-8-14/h4-10,17,21-22H,3,11-13H2,1-2H3. The lowest BCUT2D eigenvalue weighted by Crippen LogP contribution is -2.31. The number of aliphatic hydroxyl groups is 1. The molecule has 0 saturated heterocycles. The highest BCUT2D eigenvalue weighted by Gasteiger charge is 2.12. The Morgan fingerprint density at radius 2 is 1.92 bits per heavy atom. The van der Waals surface area contributed by atoms with Crippen LogP contribution in [0.15, 0.2) is 42.5 Å². The van der Waals surface area contributed by atoms with Crippen molar-refractivity contribution >= 4 is 0 Å². The number of rotatable bonds is 9. The molecule has 0 aliphatic heterocycles. The van der Waals surface area contributed by atoms with Crippen LogP contribution in [0.3, 0.4) is 0 Å². The van der Waals surface area contributed by atoms with E-state index in [1.807, 2.05) is 25.1 Å². The van der Waals surface area contributed by atoms with E-state index in [0.29, 0.717) is 24.7 Å². The molecule has 0 aliphatic rings. The number of benzene rings is 2. The van der Waals surface area contributed by atoms with Crippen LogP contribution in [0.2, 0.25) is 0 Å². The summed E-state index contributed by atoms with van der Waals surface area (Å²) in [4.78, 5) is 0. The molecule has 1 unspecified atom stereocenters. The SMILES string of the molecule is CCC(CO)NCc1cccc(OC)c1OCc1ccc(F)cc1. The van der Waals surface area contributed by atoms with E-state index in [0.717, 1.165) is 17.5 Å². The molecule has 2 N–H and O–H groups in total. The fourth-order valence-corrected chi connectivity index (χ4v) is 2.35. The Balaban J connectivity index is 2.12. The number of nitrogens with one attached hydrogen (secondary N) is 1. The third-order valence-corrected chi connectivity index (χ3v) is 3.87. The summed E-state index contributed by atoms with van der Waals surface area (Å²) in [7, 11) is 1.60. The second-order valence-corrected chi connectivity index (χ2v) is 5.53. The zero-order valence-electron chi connectivity index (χ0n) is 14.1. The summed E-state index contributed by atoms with van der Waals surface area (Å²) in [5.74, 6) is 1.04. The first kappa shape index (κ1) is 18.2. The van der Waals surface area contributed by atoms with Crippen LogP contribution in [0.1, 0.15) is 24.5 Å². The lowest BCUT2D eigenvalue weighted by Gasteiger charge is -2.18.